The van der Waals surface area contributed by atoms with Crippen molar-refractivity contribution in [1.82, 2.24) is 10.3 Å². The lowest BCUT2D eigenvalue weighted by Gasteiger charge is -2.20. The van der Waals surface area contributed by atoms with E-state index in [0.29, 0.717) is 0 Å². The Bertz CT molecular complexity index is 434. The first-order chi connectivity index (χ1) is 10.4. The van der Waals surface area contributed by atoms with Crippen LogP contribution in [0.25, 0.3) is 0 Å². The number of nitrogens with zero attached hydrogens (tertiary/aromatic N) is 1. The molecule has 4 heteroatoms. The highest BCUT2D eigenvalue weighted by atomic mass is 32.2. The number of thioether (sulfide) groups is 1. The summed E-state index contributed by atoms with van der Waals surface area (Å²) in [5, 5.41) is 5.83. The van der Waals surface area contributed by atoms with E-state index >= 15 is 0 Å². The highest BCUT2D eigenvalue weighted by Gasteiger charge is 2.29. The van der Waals surface area contributed by atoms with Gasteiger partial charge in [0.05, 0.1) is 5.69 Å². The van der Waals surface area contributed by atoms with Crippen LogP contribution in [0.2, 0.25) is 0 Å². The molecule has 0 saturated heterocycles. The van der Waals surface area contributed by atoms with Crippen LogP contribution in [0.4, 0.5) is 0 Å². The van der Waals surface area contributed by atoms with Crippen molar-refractivity contribution >= 4 is 23.1 Å². The second kappa shape index (κ2) is 7.98. The minimum atomic E-state index is 0.785. The summed E-state index contributed by atoms with van der Waals surface area (Å²) < 4.78 is 0. The van der Waals surface area contributed by atoms with Crippen molar-refractivity contribution in [3.8, 4) is 0 Å². The number of nitrogens with one attached hydrogen (secondary N) is 1. The van der Waals surface area contributed by atoms with Crippen LogP contribution < -0.4 is 5.32 Å². The summed E-state index contributed by atoms with van der Waals surface area (Å²) in [7, 11) is 0. The Kier molecular flexibility index (Phi) is 6.01. The van der Waals surface area contributed by atoms with Crippen molar-refractivity contribution in [2.75, 3.05) is 6.54 Å². The van der Waals surface area contributed by atoms with Crippen LogP contribution >= 0.6 is 23.1 Å². The summed E-state index contributed by atoms with van der Waals surface area (Å²) in [6.45, 7) is 4.38. The largest absolute Gasteiger partial charge is 0.312 e. The van der Waals surface area contributed by atoms with E-state index in [4.69, 9.17) is 4.98 Å². The summed E-state index contributed by atoms with van der Waals surface area (Å²) in [5.41, 5.74) is 1.43. The number of hydrogen-bond donors (Lipinski definition) is 1. The van der Waals surface area contributed by atoms with Gasteiger partial charge < -0.3 is 5.32 Å². The number of thiazole rings is 1. The normalized spacial score (nSPS) is 20.0. The second-order valence-corrected chi connectivity index (χ2v) is 8.89. The van der Waals surface area contributed by atoms with Crippen molar-refractivity contribution < 1.29 is 0 Å². The molecule has 2 aliphatic rings. The van der Waals surface area contributed by atoms with E-state index in [1.807, 2.05) is 11.3 Å². The summed E-state index contributed by atoms with van der Waals surface area (Å²) in [5.74, 6) is 1.93. The zero-order valence-electron chi connectivity index (χ0n) is 13.2. The zero-order chi connectivity index (χ0) is 14.5. The minimum Gasteiger partial charge on any atom is -0.312 e. The SMILES string of the molecule is CCCNCc1sc(CSC2CCCCC2)nc1C1CC1. The van der Waals surface area contributed by atoms with Gasteiger partial charge >= 0.3 is 0 Å². The smallest absolute Gasteiger partial charge is 0.103 e. The monoisotopic (exact) mass is 324 g/mol. The highest BCUT2D eigenvalue weighted by molar-refractivity contribution is 7.99. The van der Waals surface area contributed by atoms with Gasteiger partial charge in [-0.1, -0.05) is 26.2 Å². The van der Waals surface area contributed by atoms with Crippen molar-refractivity contribution in [3.63, 3.8) is 0 Å². The quantitative estimate of drug-likeness (QED) is 0.675. The maximum Gasteiger partial charge on any atom is 0.103 e. The van der Waals surface area contributed by atoms with Gasteiger partial charge in [-0.15, -0.1) is 11.3 Å². The third kappa shape index (κ3) is 4.70. The summed E-state index contributed by atoms with van der Waals surface area (Å²) in [6, 6.07) is 0. The molecular weight excluding hydrogens is 296 g/mol. The number of aromatic nitrogens is 1. The van der Waals surface area contributed by atoms with Gasteiger partial charge in [-0.2, -0.15) is 11.8 Å². The third-order valence-electron chi connectivity index (χ3n) is 4.44. The molecule has 118 valence electrons. The molecule has 2 saturated carbocycles. The Morgan fingerprint density at radius 3 is 2.71 bits per heavy atom. The molecule has 0 spiro atoms. The Balaban J connectivity index is 1.55. The minimum absolute atomic E-state index is 0.785. The van der Waals surface area contributed by atoms with E-state index in [9.17, 15) is 0 Å². The summed E-state index contributed by atoms with van der Waals surface area (Å²) >= 11 is 4.13. The maximum absolute atomic E-state index is 4.99. The van der Waals surface area contributed by atoms with Crippen molar-refractivity contribution in [2.24, 2.45) is 0 Å². The predicted octanol–water partition coefficient (Wildman–Crippen LogP) is 5.09. The van der Waals surface area contributed by atoms with E-state index in [0.717, 1.165) is 30.0 Å². The first kappa shape index (κ1) is 15.8. The molecule has 2 nitrogen and oxygen atoms in total. The van der Waals surface area contributed by atoms with Crippen LogP contribution in [0, 0.1) is 0 Å². The molecule has 21 heavy (non-hydrogen) atoms. The fourth-order valence-corrected chi connectivity index (χ4v) is 5.55. The van der Waals surface area contributed by atoms with Gasteiger partial charge in [-0.25, -0.2) is 4.98 Å². The molecule has 0 unspecified atom stereocenters. The molecule has 0 atom stereocenters. The van der Waals surface area contributed by atoms with Crippen LogP contribution in [0.15, 0.2) is 0 Å². The number of hydrogen-bond acceptors (Lipinski definition) is 4. The van der Waals surface area contributed by atoms with Crippen molar-refractivity contribution in [3.05, 3.63) is 15.6 Å². The maximum atomic E-state index is 4.99. The van der Waals surface area contributed by atoms with E-state index in [-0.39, 0.29) is 0 Å². The Hall–Kier alpha value is -0.0600. The van der Waals surface area contributed by atoms with Gasteiger partial charge in [0, 0.05) is 28.3 Å². The third-order valence-corrected chi connectivity index (χ3v) is 7.08. The van der Waals surface area contributed by atoms with Crippen LogP contribution in [-0.4, -0.2) is 16.8 Å². The molecule has 2 fully saturated rings. The molecule has 0 aromatic carbocycles. The van der Waals surface area contributed by atoms with Gasteiger partial charge in [0.1, 0.15) is 5.01 Å². The average Bonchev–Trinajstić information content (AvgIpc) is 3.28. The van der Waals surface area contributed by atoms with Gasteiger partial charge in [0.2, 0.25) is 0 Å². The number of rotatable bonds is 8. The molecule has 0 amide bonds. The van der Waals surface area contributed by atoms with Crippen molar-refractivity contribution in [2.45, 2.75) is 81.8 Å². The molecule has 1 aromatic rings. The first-order valence-electron chi connectivity index (χ1n) is 8.67. The lowest BCUT2D eigenvalue weighted by Crippen LogP contribution is -2.13. The highest BCUT2D eigenvalue weighted by Crippen LogP contribution is 2.43. The fraction of sp³-hybridized carbons (Fsp3) is 0.824. The van der Waals surface area contributed by atoms with Gasteiger partial charge in [0.15, 0.2) is 0 Å². The van der Waals surface area contributed by atoms with Gasteiger partial charge in [-0.05, 0) is 38.6 Å². The molecule has 1 N–H and O–H groups in total. The summed E-state index contributed by atoms with van der Waals surface area (Å²) in [6.07, 6.45) is 11.1. The van der Waals surface area contributed by atoms with Crippen LogP contribution in [0.1, 0.15) is 79.8 Å². The molecule has 0 bridgehead atoms. The van der Waals surface area contributed by atoms with Crippen LogP contribution in [-0.2, 0) is 12.3 Å². The molecule has 2 aliphatic carbocycles. The Labute approximate surface area is 137 Å². The Morgan fingerprint density at radius 2 is 2.00 bits per heavy atom. The molecule has 1 heterocycles. The first-order valence-corrected chi connectivity index (χ1v) is 10.5. The molecule has 3 rings (SSSR count). The second-order valence-electron chi connectivity index (χ2n) is 6.44. The van der Waals surface area contributed by atoms with Crippen LogP contribution in [0.3, 0.4) is 0 Å². The van der Waals surface area contributed by atoms with Gasteiger partial charge in [0.25, 0.3) is 0 Å². The summed E-state index contributed by atoms with van der Waals surface area (Å²) in [4.78, 5) is 6.51. The van der Waals surface area contributed by atoms with Crippen molar-refractivity contribution in [1.29, 1.82) is 0 Å². The lowest BCUT2D eigenvalue weighted by molar-refractivity contribution is 0.516. The van der Waals surface area contributed by atoms with E-state index < -0.39 is 0 Å². The molecule has 1 aromatic heterocycles. The van der Waals surface area contributed by atoms with E-state index in [2.05, 4.69) is 24.0 Å². The topological polar surface area (TPSA) is 24.9 Å². The molecule has 0 aliphatic heterocycles. The fourth-order valence-electron chi connectivity index (χ4n) is 3.08. The predicted molar refractivity (Wildman–Crippen MR) is 94.3 cm³/mol. The molecule has 0 radical (unpaired) electrons. The standard InChI is InChI=1S/C17H28N2S2/c1-2-10-18-11-15-17(13-8-9-13)19-16(21-15)12-20-14-6-4-3-5-7-14/h13-14,18H,2-12H2,1H3. The average molecular weight is 325 g/mol. The van der Waals surface area contributed by atoms with E-state index in [1.165, 1.54) is 66.9 Å². The van der Waals surface area contributed by atoms with Crippen LogP contribution in [0.5, 0.6) is 0 Å². The Morgan fingerprint density at radius 1 is 1.19 bits per heavy atom. The lowest BCUT2D eigenvalue weighted by atomic mass is 10.0. The zero-order valence-corrected chi connectivity index (χ0v) is 14.8. The van der Waals surface area contributed by atoms with E-state index in [1.54, 1.807) is 0 Å². The molecular formula is C17H28N2S2. The van der Waals surface area contributed by atoms with Gasteiger partial charge in [-0.3, -0.25) is 0 Å².